The highest BCUT2D eigenvalue weighted by Crippen LogP contribution is 2.35. The number of allylic oxidation sites excluding steroid dienone is 2. The van der Waals surface area contributed by atoms with Gasteiger partial charge in [-0.3, -0.25) is 4.79 Å². The largest absolute Gasteiger partial charge is 0.458 e. The van der Waals surface area contributed by atoms with E-state index in [-0.39, 0.29) is 35.4 Å². The lowest BCUT2D eigenvalue weighted by Gasteiger charge is -2.23. The third-order valence-corrected chi connectivity index (χ3v) is 5.08. The van der Waals surface area contributed by atoms with Crippen LogP contribution in [0.4, 0.5) is 8.78 Å². The molecule has 32 heavy (non-hydrogen) atoms. The standard InChI is InChI=1S/C23H20F2N4O3/c1-29-23(26-27-28-29)18(11-10-15-12-14(30)13-21(31)32-15)22(16-6-2-4-8-19(16)24)17-7-3-5-9-20(17)25/h2-11,14-15,30H,12-13H2,1H3/t14-,15-/m1/s1. The van der Waals surface area contributed by atoms with E-state index >= 15 is 0 Å². The predicted molar refractivity (Wildman–Crippen MR) is 112 cm³/mol. The number of aryl methyl sites for hydroxylation is 1. The molecule has 2 heterocycles. The van der Waals surface area contributed by atoms with Crippen molar-refractivity contribution < 1.29 is 23.4 Å². The fourth-order valence-electron chi connectivity index (χ4n) is 3.62. The van der Waals surface area contributed by atoms with E-state index in [0.717, 1.165) is 0 Å². The van der Waals surface area contributed by atoms with E-state index in [1.54, 1.807) is 55.6 Å². The van der Waals surface area contributed by atoms with Gasteiger partial charge in [-0.2, -0.15) is 0 Å². The van der Waals surface area contributed by atoms with Crippen molar-refractivity contribution in [3.05, 3.63) is 89.3 Å². The maximum atomic E-state index is 14.9. The van der Waals surface area contributed by atoms with Crippen LogP contribution in [0.15, 0.2) is 60.7 Å². The first-order valence-electron chi connectivity index (χ1n) is 9.96. The van der Waals surface area contributed by atoms with Crippen LogP contribution in [0.5, 0.6) is 0 Å². The Bertz CT molecular complexity index is 1160. The molecular formula is C23H20F2N4O3. The zero-order valence-electron chi connectivity index (χ0n) is 17.2. The highest BCUT2D eigenvalue weighted by molar-refractivity contribution is 6.01. The molecule has 3 aromatic rings. The molecule has 1 fully saturated rings. The summed E-state index contributed by atoms with van der Waals surface area (Å²) >= 11 is 0. The number of aromatic nitrogens is 4. The maximum Gasteiger partial charge on any atom is 0.309 e. The first-order chi connectivity index (χ1) is 15.4. The second-order valence-corrected chi connectivity index (χ2v) is 7.36. The molecule has 0 aliphatic carbocycles. The van der Waals surface area contributed by atoms with E-state index in [0.29, 0.717) is 5.57 Å². The molecule has 0 radical (unpaired) electrons. The molecule has 1 aromatic heterocycles. The summed E-state index contributed by atoms with van der Waals surface area (Å²) in [6, 6.07) is 12.0. The van der Waals surface area contributed by atoms with Gasteiger partial charge in [-0.05, 0) is 28.6 Å². The quantitative estimate of drug-likeness (QED) is 0.487. The molecule has 2 aromatic carbocycles. The van der Waals surface area contributed by atoms with Gasteiger partial charge < -0.3 is 9.84 Å². The van der Waals surface area contributed by atoms with Crippen LogP contribution < -0.4 is 0 Å². The second-order valence-electron chi connectivity index (χ2n) is 7.36. The summed E-state index contributed by atoms with van der Waals surface area (Å²) in [5.74, 6) is -1.37. The highest BCUT2D eigenvalue weighted by Gasteiger charge is 2.26. The van der Waals surface area contributed by atoms with Gasteiger partial charge in [0.1, 0.15) is 17.7 Å². The Morgan fingerprint density at radius 3 is 2.28 bits per heavy atom. The molecule has 1 aliphatic rings. The minimum atomic E-state index is -0.826. The Labute approximate surface area is 182 Å². The van der Waals surface area contributed by atoms with Crippen LogP contribution in [-0.2, 0) is 16.6 Å². The number of carbonyl (C=O) groups excluding carboxylic acids is 1. The first-order valence-corrected chi connectivity index (χ1v) is 9.96. The number of aliphatic hydroxyl groups is 1. The summed E-state index contributed by atoms with van der Waals surface area (Å²) in [5.41, 5.74) is 0.865. The fourth-order valence-corrected chi connectivity index (χ4v) is 3.62. The van der Waals surface area contributed by atoms with Crippen molar-refractivity contribution in [2.24, 2.45) is 7.05 Å². The zero-order valence-corrected chi connectivity index (χ0v) is 17.2. The van der Waals surface area contributed by atoms with Crippen LogP contribution in [0, 0.1) is 11.6 Å². The van der Waals surface area contributed by atoms with Crippen molar-refractivity contribution >= 4 is 17.1 Å². The summed E-state index contributed by atoms with van der Waals surface area (Å²) in [7, 11) is 1.61. The van der Waals surface area contributed by atoms with E-state index in [2.05, 4.69) is 15.5 Å². The summed E-state index contributed by atoms with van der Waals surface area (Å²) in [6.45, 7) is 0. The molecule has 0 saturated carbocycles. The van der Waals surface area contributed by atoms with Crippen molar-refractivity contribution in [1.29, 1.82) is 0 Å². The molecule has 0 amide bonds. The van der Waals surface area contributed by atoms with E-state index in [1.807, 2.05) is 0 Å². The third kappa shape index (κ3) is 4.47. The molecule has 2 atom stereocenters. The molecule has 9 heteroatoms. The average molecular weight is 438 g/mol. The molecule has 0 spiro atoms. The third-order valence-electron chi connectivity index (χ3n) is 5.08. The number of aliphatic hydroxyl groups excluding tert-OH is 1. The molecule has 7 nitrogen and oxygen atoms in total. The van der Waals surface area contributed by atoms with Crippen molar-refractivity contribution in [2.75, 3.05) is 0 Å². The Balaban J connectivity index is 1.96. The lowest BCUT2D eigenvalue weighted by molar-refractivity contribution is -0.156. The van der Waals surface area contributed by atoms with Crippen molar-refractivity contribution in [2.45, 2.75) is 25.0 Å². The van der Waals surface area contributed by atoms with E-state index in [4.69, 9.17) is 4.74 Å². The first kappa shape index (κ1) is 21.5. The average Bonchev–Trinajstić information content (AvgIpc) is 3.18. The number of benzene rings is 2. The lowest BCUT2D eigenvalue weighted by atomic mass is 9.91. The number of hydrogen-bond donors (Lipinski definition) is 1. The van der Waals surface area contributed by atoms with Crippen LogP contribution in [0.25, 0.3) is 11.1 Å². The number of ether oxygens (including phenoxy) is 1. The van der Waals surface area contributed by atoms with Gasteiger partial charge in [0.05, 0.1) is 12.5 Å². The highest BCUT2D eigenvalue weighted by atomic mass is 19.1. The van der Waals surface area contributed by atoms with Gasteiger partial charge in [-0.25, -0.2) is 13.5 Å². The normalized spacial score (nSPS) is 18.6. The number of hydrogen-bond acceptors (Lipinski definition) is 6. The van der Waals surface area contributed by atoms with Crippen LogP contribution in [0.2, 0.25) is 0 Å². The molecule has 1 aliphatic heterocycles. The van der Waals surface area contributed by atoms with Gasteiger partial charge in [0.15, 0.2) is 5.82 Å². The number of nitrogens with zero attached hydrogens (tertiary/aromatic N) is 4. The Kier molecular flexibility index (Phi) is 6.18. The Morgan fingerprint density at radius 2 is 1.75 bits per heavy atom. The van der Waals surface area contributed by atoms with Crippen molar-refractivity contribution in [3.63, 3.8) is 0 Å². The number of esters is 1. The monoisotopic (exact) mass is 438 g/mol. The molecule has 1 saturated heterocycles. The van der Waals surface area contributed by atoms with Gasteiger partial charge in [0, 0.05) is 35.7 Å². The fraction of sp³-hybridized carbons (Fsp3) is 0.217. The van der Waals surface area contributed by atoms with Gasteiger partial charge in [-0.15, -0.1) is 5.10 Å². The zero-order chi connectivity index (χ0) is 22.7. The maximum absolute atomic E-state index is 14.9. The molecular weight excluding hydrogens is 418 g/mol. The number of rotatable bonds is 5. The SMILES string of the molecule is Cn1nnnc1C(C=C[C@@H]1C[C@@H](O)CC(=O)O1)=C(c1ccccc1F)c1ccccc1F. The van der Waals surface area contributed by atoms with Crippen LogP contribution >= 0.6 is 0 Å². The Hall–Kier alpha value is -3.72. The van der Waals surface area contributed by atoms with Gasteiger partial charge in [0.25, 0.3) is 0 Å². The number of tetrazole rings is 1. The van der Waals surface area contributed by atoms with Crippen molar-refractivity contribution in [3.8, 4) is 0 Å². The van der Waals surface area contributed by atoms with E-state index < -0.39 is 29.8 Å². The van der Waals surface area contributed by atoms with Crippen LogP contribution in [0.1, 0.15) is 29.8 Å². The molecule has 4 rings (SSSR count). The minimum absolute atomic E-state index is 0.0735. The second kappa shape index (κ2) is 9.19. The summed E-state index contributed by atoms with van der Waals surface area (Å²) in [5, 5.41) is 21.4. The van der Waals surface area contributed by atoms with Crippen LogP contribution in [0.3, 0.4) is 0 Å². The van der Waals surface area contributed by atoms with Gasteiger partial charge >= 0.3 is 5.97 Å². The van der Waals surface area contributed by atoms with Gasteiger partial charge in [-0.1, -0.05) is 42.5 Å². The predicted octanol–water partition coefficient (Wildman–Crippen LogP) is 3.07. The minimum Gasteiger partial charge on any atom is -0.458 e. The molecule has 164 valence electrons. The summed E-state index contributed by atoms with van der Waals surface area (Å²) < 4.78 is 36.5. The number of halogens is 2. The summed E-state index contributed by atoms with van der Waals surface area (Å²) in [4.78, 5) is 11.7. The van der Waals surface area contributed by atoms with Crippen molar-refractivity contribution in [1.82, 2.24) is 20.2 Å². The van der Waals surface area contributed by atoms with E-state index in [9.17, 15) is 18.7 Å². The molecule has 1 N–H and O–H groups in total. The molecule has 0 unspecified atom stereocenters. The molecule has 0 bridgehead atoms. The van der Waals surface area contributed by atoms with E-state index in [1.165, 1.54) is 16.8 Å². The topological polar surface area (TPSA) is 90.1 Å². The number of cyclic esters (lactones) is 1. The number of carbonyl (C=O) groups is 1. The van der Waals surface area contributed by atoms with Crippen LogP contribution in [-0.4, -0.2) is 43.5 Å². The summed E-state index contributed by atoms with van der Waals surface area (Å²) in [6.07, 6.45) is 1.73. The van der Waals surface area contributed by atoms with Gasteiger partial charge in [0.2, 0.25) is 0 Å². The lowest BCUT2D eigenvalue weighted by Crippen LogP contribution is -2.31. The smallest absolute Gasteiger partial charge is 0.309 e. The Morgan fingerprint density at radius 1 is 1.12 bits per heavy atom.